The van der Waals surface area contributed by atoms with E-state index in [0.29, 0.717) is 34.7 Å². The lowest BCUT2D eigenvalue weighted by Gasteiger charge is -2.26. The van der Waals surface area contributed by atoms with Crippen LogP contribution >= 0.6 is 0 Å². The van der Waals surface area contributed by atoms with Gasteiger partial charge in [-0.15, -0.1) is 0 Å². The fourth-order valence-corrected chi connectivity index (χ4v) is 4.26. The summed E-state index contributed by atoms with van der Waals surface area (Å²) in [5.41, 5.74) is 5.62. The first kappa shape index (κ1) is 26.1. The minimum atomic E-state index is -1.05. The highest BCUT2D eigenvalue weighted by Crippen LogP contribution is 2.31. The molecule has 0 aliphatic heterocycles. The van der Waals surface area contributed by atoms with Crippen LogP contribution in [0.3, 0.4) is 0 Å². The van der Waals surface area contributed by atoms with E-state index in [-0.39, 0.29) is 22.3 Å². The highest BCUT2D eigenvalue weighted by molar-refractivity contribution is 6.05. The van der Waals surface area contributed by atoms with Gasteiger partial charge in [-0.1, -0.05) is 66.7 Å². The number of rotatable bonds is 5. The van der Waals surface area contributed by atoms with Gasteiger partial charge in [0.25, 0.3) is 5.91 Å². The average molecular weight is 499 g/mol. The Kier molecular flexibility index (Phi) is 6.67. The van der Waals surface area contributed by atoms with E-state index in [0.717, 1.165) is 16.7 Å². The Balaban J connectivity index is 1.72. The van der Waals surface area contributed by atoms with Gasteiger partial charge in [0.2, 0.25) is 0 Å². The van der Waals surface area contributed by atoms with Crippen LogP contribution < -0.4 is 5.32 Å². The second-order valence-electron chi connectivity index (χ2n) is 11.4. The Labute approximate surface area is 217 Å². The molecule has 0 aliphatic rings. The summed E-state index contributed by atoms with van der Waals surface area (Å²) in [6.45, 7) is 14.7. The summed E-state index contributed by atoms with van der Waals surface area (Å²) >= 11 is 0. The lowest BCUT2D eigenvalue weighted by atomic mass is 9.79. The second kappa shape index (κ2) is 9.47. The molecule has 0 saturated heterocycles. The number of carboxylic acid groups (broad SMARTS) is 1. The molecule has 2 N–H and O–H groups in total. The van der Waals surface area contributed by atoms with E-state index < -0.39 is 5.97 Å². The lowest BCUT2D eigenvalue weighted by Crippen LogP contribution is -2.20. The Morgan fingerprint density at radius 2 is 1.59 bits per heavy atom. The van der Waals surface area contributed by atoms with E-state index in [2.05, 4.69) is 63.0 Å². The molecular formula is C30H34N4O3. The van der Waals surface area contributed by atoms with Crippen molar-refractivity contribution >= 4 is 23.2 Å². The minimum absolute atomic E-state index is 0.0984. The Hall–Kier alpha value is -4.00. The zero-order valence-corrected chi connectivity index (χ0v) is 22.5. The molecule has 192 valence electrons. The highest BCUT2D eigenvalue weighted by Gasteiger charge is 2.23. The number of fused-ring (bicyclic) bond motifs is 1. The number of carboxylic acids is 1. The molecule has 4 rings (SSSR count). The first-order chi connectivity index (χ1) is 17.3. The van der Waals surface area contributed by atoms with Crippen LogP contribution in [0.15, 0.2) is 54.7 Å². The fraction of sp³-hybridized carbons (Fsp3) is 0.333. The van der Waals surface area contributed by atoms with Gasteiger partial charge in [-0.05, 0) is 58.7 Å². The Bertz CT molecular complexity index is 1470. The number of hydrogen-bond acceptors (Lipinski definition) is 4. The number of aryl methyl sites for hydroxylation is 1. The first-order valence-corrected chi connectivity index (χ1v) is 12.5. The van der Waals surface area contributed by atoms with Crippen LogP contribution in [0.25, 0.3) is 16.9 Å². The maximum Gasteiger partial charge on any atom is 0.341 e. The third-order valence-electron chi connectivity index (χ3n) is 6.48. The number of amides is 1. The maximum absolute atomic E-state index is 13.4. The Morgan fingerprint density at radius 1 is 0.946 bits per heavy atom. The third kappa shape index (κ3) is 5.26. The molecule has 0 atom stereocenters. The van der Waals surface area contributed by atoms with Gasteiger partial charge in [-0.2, -0.15) is 5.10 Å². The standard InChI is InChI=1S/C30H34N4O3/c1-8-23-25(28(36)37)26-31-13-12-24(34(26)33-23)18-10-9-11-22(16-18)32-27(35)19-14-20(29(2,3)4)17-21(15-19)30(5,6)7/h9-17H,8H2,1-7H3,(H,32,35)(H,36,37). The molecular weight excluding hydrogens is 464 g/mol. The maximum atomic E-state index is 13.4. The van der Waals surface area contributed by atoms with E-state index in [4.69, 9.17) is 0 Å². The molecule has 0 bridgehead atoms. The third-order valence-corrected chi connectivity index (χ3v) is 6.48. The van der Waals surface area contributed by atoms with E-state index in [1.54, 1.807) is 16.8 Å². The van der Waals surface area contributed by atoms with Gasteiger partial charge < -0.3 is 10.4 Å². The molecule has 2 aromatic heterocycles. The first-order valence-electron chi connectivity index (χ1n) is 12.5. The number of benzene rings is 2. The quantitative estimate of drug-likeness (QED) is 0.327. The number of nitrogens with zero attached hydrogens (tertiary/aromatic N) is 3. The molecule has 7 nitrogen and oxygen atoms in total. The largest absolute Gasteiger partial charge is 0.477 e. The molecule has 0 aliphatic carbocycles. The molecule has 7 heteroatoms. The van der Waals surface area contributed by atoms with E-state index in [9.17, 15) is 14.7 Å². The molecule has 0 spiro atoms. The molecule has 0 unspecified atom stereocenters. The van der Waals surface area contributed by atoms with Gasteiger partial charge in [0, 0.05) is 23.0 Å². The van der Waals surface area contributed by atoms with Crippen molar-refractivity contribution < 1.29 is 14.7 Å². The summed E-state index contributed by atoms with van der Waals surface area (Å²) in [7, 11) is 0. The number of carbonyl (C=O) groups excluding carboxylic acids is 1. The fourth-order valence-electron chi connectivity index (χ4n) is 4.26. The summed E-state index contributed by atoms with van der Waals surface area (Å²) < 4.78 is 1.56. The molecule has 2 aromatic carbocycles. The number of hydrogen-bond donors (Lipinski definition) is 2. The van der Waals surface area contributed by atoms with Gasteiger partial charge in [0.05, 0.1) is 11.4 Å². The molecule has 0 fully saturated rings. The van der Waals surface area contributed by atoms with Crippen LogP contribution in [0, 0.1) is 0 Å². The molecule has 4 aromatic rings. The van der Waals surface area contributed by atoms with Crippen molar-refractivity contribution in [3.8, 4) is 11.3 Å². The molecule has 1 amide bonds. The summed E-state index contributed by atoms with van der Waals surface area (Å²) in [6, 6.07) is 15.3. The van der Waals surface area contributed by atoms with Gasteiger partial charge in [0.1, 0.15) is 5.56 Å². The van der Waals surface area contributed by atoms with Gasteiger partial charge in [-0.3, -0.25) is 4.79 Å². The number of carbonyl (C=O) groups is 2. The van der Waals surface area contributed by atoms with Crippen molar-refractivity contribution in [2.45, 2.75) is 65.7 Å². The van der Waals surface area contributed by atoms with Crippen LogP contribution in [0.2, 0.25) is 0 Å². The molecule has 37 heavy (non-hydrogen) atoms. The van der Waals surface area contributed by atoms with E-state index >= 15 is 0 Å². The van der Waals surface area contributed by atoms with E-state index in [1.807, 2.05) is 43.3 Å². The van der Waals surface area contributed by atoms with Crippen molar-refractivity contribution in [3.63, 3.8) is 0 Å². The van der Waals surface area contributed by atoms with Crippen LogP contribution in [-0.2, 0) is 17.3 Å². The van der Waals surface area contributed by atoms with Crippen molar-refractivity contribution in [2.24, 2.45) is 0 Å². The van der Waals surface area contributed by atoms with Crippen molar-refractivity contribution in [1.29, 1.82) is 0 Å². The van der Waals surface area contributed by atoms with Crippen LogP contribution in [0.5, 0.6) is 0 Å². The monoisotopic (exact) mass is 498 g/mol. The number of nitrogens with one attached hydrogen (secondary N) is 1. The van der Waals surface area contributed by atoms with Gasteiger partial charge in [0.15, 0.2) is 5.65 Å². The molecule has 0 radical (unpaired) electrons. The topological polar surface area (TPSA) is 96.6 Å². The zero-order valence-electron chi connectivity index (χ0n) is 22.5. The van der Waals surface area contributed by atoms with Crippen LogP contribution in [0.4, 0.5) is 5.69 Å². The Morgan fingerprint density at radius 3 is 2.16 bits per heavy atom. The predicted octanol–water partition coefficient (Wildman–Crippen LogP) is 6.50. The normalized spacial score (nSPS) is 12.1. The minimum Gasteiger partial charge on any atom is -0.477 e. The predicted molar refractivity (Wildman–Crippen MR) is 147 cm³/mol. The number of aromatic carboxylic acids is 1. The summed E-state index contributed by atoms with van der Waals surface area (Å²) in [6.07, 6.45) is 2.06. The highest BCUT2D eigenvalue weighted by atomic mass is 16.4. The van der Waals surface area contributed by atoms with Crippen molar-refractivity contribution in [1.82, 2.24) is 14.6 Å². The number of aromatic nitrogens is 3. The van der Waals surface area contributed by atoms with Crippen LogP contribution in [0.1, 0.15) is 86.0 Å². The summed E-state index contributed by atoms with van der Waals surface area (Å²) in [5.74, 6) is -1.24. The van der Waals surface area contributed by atoms with Crippen LogP contribution in [-0.4, -0.2) is 31.6 Å². The number of anilines is 1. The smallest absolute Gasteiger partial charge is 0.341 e. The second-order valence-corrected chi connectivity index (χ2v) is 11.4. The summed E-state index contributed by atoms with van der Waals surface area (Å²) in [4.78, 5) is 29.5. The average Bonchev–Trinajstić information content (AvgIpc) is 3.22. The zero-order chi connectivity index (χ0) is 27.1. The molecule has 2 heterocycles. The summed E-state index contributed by atoms with van der Waals surface area (Å²) in [5, 5.41) is 17.3. The lowest BCUT2D eigenvalue weighted by molar-refractivity contribution is 0.0697. The van der Waals surface area contributed by atoms with Gasteiger partial charge >= 0.3 is 5.97 Å². The van der Waals surface area contributed by atoms with Crippen molar-refractivity contribution in [3.05, 3.63) is 82.7 Å². The SMILES string of the molecule is CCc1nn2c(-c3cccc(NC(=O)c4cc(C(C)(C)C)cc(C(C)(C)C)c4)c3)ccnc2c1C(=O)O. The van der Waals surface area contributed by atoms with Crippen molar-refractivity contribution in [2.75, 3.05) is 5.32 Å². The van der Waals surface area contributed by atoms with Gasteiger partial charge in [-0.25, -0.2) is 14.3 Å². The molecule has 0 saturated carbocycles. The van der Waals surface area contributed by atoms with E-state index in [1.165, 1.54) is 0 Å².